The number of halogens is 2. The minimum absolute atomic E-state index is 0.0118. The lowest BCUT2D eigenvalue weighted by atomic mass is 10.2. The van der Waals surface area contributed by atoms with E-state index < -0.39 is 17.5 Å². The predicted octanol–water partition coefficient (Wildman–Crippen LogP) is 2.63. The first-order valence-electron chi connectivity index (χ1n) is 5.25. The maximum absolute atomic E-state index is 13.0. The van der Waals surface area contributed by atoms with Crippen LogP contribution in [0.25, 0.3) is 0 Å². The van der Waals surface area contributed by atoms with Crippen LogP contribution >= 0.6 is 0 Å². The van der Waals surface area contributed by atoms with Gasteiger partial charge in [-0.25, -0.2) is 8.78 Å². The molecule has 98 valence electrons. The number of amides is 1. The van der Waals surface area contributed by atoms with E-state index >= 15 is 0 Å². The van der Waals surface area contributed by atoms with Crippen molar-refractivity contribution in [1.82, 2.24) is 0 Å². The predicted molar refractivity (Wildman–Crippen MR) is 64.1 cm³/mol. The molecule has 0 spiro atoms. The Morgan fingerprint density at radius 1 is 0.947 bits per heavy atom. The smallest absolute Gasteiger partial charge is 0.255 e. The minimum atomic E-state index is -1.09. The first-order chi connectivity index (χ1) is 8.95. The number of aromatic hydroxyl groups is 2. The number of carbonyl (C=O) groups excluding carboxylic acids is 1. The van der Waals surface area contributed by atoms with Crippen LogP contribution in [0.5, 0.6) is 11.5 Å². The second kappa shape index (κ2) is 4.93. The van der Waals surface area contributed by atoms with Crippen LogP contribution in [0.15, 0.2) is 36.4 Å². The van der Waals surface area contributed by atoms with E-state index in [2.05, 4.69) is 5.32 Å². The van der Waals surface area contributed by atoms with Crippen molar-refractivity contribution in [3.63, 3.8) is 0 Å². The molecule has 0 aliphatic rings. The zero-order valence-electron chi connectivity index (χ0n) is 9.52. The van der Waals surface area contributed by atoms with Gasteiger partial charge in [-0.2, -0.15) is 0 Å². The summed E-state index contributed by atoms with van der Waals surface area (Å²) in [6.45, 7) is 0. The van der Waals surface area contributed by atoms with Crippen LogP contribution in [0.4, 0.5) is 14.5 Å². The number of phenolic OH excluding ortho intramolecular Hbond substituents is 2. The van der Waals surface area contributed by atoms with Crippen LogP contribution in [0.1, 0.15) is 10.4 Å². The molecule has 0 saturated heterocycles. The Hall–Kier alpha value is -2.63. The minimum Gasteiger partial charge on any atom is -0.508 e. The molecule has 0 unspecified atom stereocenters. The van der Waals surface area contributed by atoms with Crippen molar-refractivity contribution in [3.05, 3.63) is 53.6 Å². The molecule has 0 atom stereocenters. The van der Waals surface area contributed by atoms with Crippen molar-refractivity contribution in [3.8, 4) is 11.5 Å². The van der Waals surface area contributed by atoms with Crippen LogP contribution in [0.3, 0.4) is 0 Å². The van der Waals surface area contributed by atoms with Crippen molar-refractivity contribution in [2.24, 2.45) is 0 Å². The van der Waals surface area contributed by atoms with Gasteiger partial charge in [0.1, 0.15) is 11.5 Å². The highest BCUT2D eigenvalue weighted by atomic mass is 19.2. The topological polar surface area (TPSA) is 69.6 Å². The fraction of sp³-hybridized carbons (Fsp3) is 0. The number of benzene rings is 2. The molecular weight excluding hydrogens is 256 g/mol. The Morgan fingerprint density at radius 2 is 1.58 bits per heavy atom. The molecular formula is C13H9F2NO3. The fourth-order valence-corrected chi connectivity index (χ4v) is 1.50. The number of anilines is 1. The monoisotopic (exact) mass is 265 g/mol. The molecule has 0 fully saturated rings. The zero-order valence-corrected chi connectivity index (χ0v) is 9.52. The average molecular weight is 265 g/mol. The third kappa shape index (κ3) is 2.98. The SMILES string of the molecule is O=C(Nc1ccc(F)c(F)c1)c1cc(O)cc(O)c1. The maximum atomic E-state index is 13.0. The normalized spacial score (nSPS) is 10.2. The van der Waals surface area contributed by atoms with E-state index in [4.69, 9.17) is 0 Å². The van der Waals surface area contributed by atoms with E-state index in [-0.39, 0.29) is 22.7 Å². The van der Waals surface area contributed by atoms with Gasteiger partial charge >= 0.3 is 0 Å². The van der Waals surface area contributed by atoms with Crippen LogP contribution in [0.2, 0.25) is 0 Å². The highest BCUT2D eigenvalue weighted by molar-refractivity contribution is 6.04. The number of hydrogen-bond acceptors (Lipinski definition) is 3. The van der Waals surface area contributed by atoms with Crippen molar-refractivity contribution in [2.75, 3.05) is 5.32 Å². The Kier molecular flexibility index (Phi) is 3.33. The summed E-state index contributed by atoms with van der Waals surface area (Å²) in [6.07, 6.45) is 0. The summed E-state index contributed by atoms with van der Waals surface area (Å²) < 4.78 is 25.7. The molecule has 0 aromatic heterocycles. The lowest BCUT2D eigenvalue weighted by molar-refractivity contribution is 0.102. The maximum Gasteiger partial charge on any atom is 0.255 e. The van der Waals surface area contributed by atoms with Gasteiger partial charge in [0.2, 0.25) is 0 Å². The lowest BCUT2D eigenvalue weighted by Crippen LogP contribution is -2.12. The summed E-state index contributed by atoms with van der Waals surface area (Å²) in [5.41, 5.74) is 0.0500. The van der Waals surface area contributed by atoms with Crippen LogP contribution < -0.4 is 5.32 Å². The molecule has 1 amide bonds. The van der Waals surface area contributed by atoms with Gasteiger partial charge in [0.25, 0.3) is 5.91 Å². The molecule has 19 heavy (non-hydrogen) atoms. The van der Waals surface area contributed by atoms with E-state index in [0.717, 1.165) is 30.3 Å². The molecule has 0 bridgehead atoms. The third-order valence-electron chi connectivity index (χ3n) is 2.34. The Labute approximate surface area is 106 Å². The van der Waals surface area contributed by atoms with E-state index in [1.807, 2.05) is 0 Å². The van der Waals surface area contributed by atoms with Crippen molar-refractivity contribution in [1.29, 1.82) is 0 Å². The summed E-state index contributed by atoms with van der Waals surface area (Å²) in [7, 11) is 0. The lowest BCUT2D eigenvalue weighted by Gasteiger charge is -2.06. The van der Waals surface area contributed by atoms with Crippen LogP contribution in [-0.4, -0.2) is 16.1 Å². The standard InChI is InChI=1S/C13H9F2NO3/c14-11-2-1-8(5-12(11)15)16-13(19)7-3-9(17)6-10(18)4-7/h1-6,17-18H,(H,16,19). The highest BCUT2D eigenvalue weighted by Crippen LogP contribution is 2.21. The van der Waals surface area contributed by atoms with Crippen molar-refractivity contribution in [2.45, 2.75) is 0 Å². The quantitative estimate of drug-likeness (QED) is 0.781. The van der Waals surface area contributed by atoms with Crippen LogP contribution in [-0.2, 0) is 0 Å². The van der Waals surface area contributed by atoms with E-state index in [0.29, 0.717) is 0 Å². The van der Waals surface area contributed by atoms with Gasteiger partial charge < -0.3 is 15.5 Å². The first-order valence-corrected chi connectivity index (χ1v) is 5.25. The number of phenols is 2. The van der Waals surface area contributed by atoms with E-state index in [1.165, 1.54) is 6.07 Å². The fourth-order valence-electron chi connectivity index (χ4n) is 1.50. The molecule has 0 heterocycles. The number of hydrogen-bond donors (Lipinski definition) is 3. The van der Waals surface area contributed by atoms with Gasteiger partial charge in [0.05, 0.1) is 0 Å². The molecule has 0 aliphatic carbocycles. The summed E-state index contributed by atoms with van der Waals surface area (Å²) in [5.74, 6) is -3.34. The molecule has 0 aliphatic heterocycles. The van der Waals surface area contributed by atoms with Gasteiger partial charge in [0.15, 0.2) is 11.6 Å². The average Bonchev–Trinajstić information content (AvgIpc) is 2.32. The summed E-state index contributed by atoms with van der Waals surface area (Å²) >= 11 is 0. The molecule has 4 nitrogen and oxygen atoms in total. The number of rotatable bonds is 2. The summed E-state index contributed by atoms with van der Waals surface area (Å²) in [4.78, 5) is 11.8. The Balaban J connectivity index is 2.22. The molecule has 0 radical (unpaired) electrons. The molecule has 2 aromatic rings. The summed E-state index contributed by atoms with van der Waals surface area (Å²) in [5, 5.41) is 20.8. The molecule has 0 saturated carbocycles. The molecule has 2 aromatic carbocycles. The highest BCUT2D eigenvalue weighted by Gasteiger charge is 2.10. The largest absolute Gasteiger partial charge is 0.508 e. The van der Waals surface area contributed by atoms with Crippen molar-refractivity contribution < 1.29 is 23.8 Å². The number of carbonyl (C=O) groups is 1. The third-order valence-corrected chi connectivity index (χ3v) is 2.34. The van der Waals surface area contributed by atoms with Crippen LogP contribution in [0, 0.1) is 11.6 Å². The molecule has 2 rings (SSSR count). The zero-order chi connectivity index (χ0) is 14.0. The molecule has 3 N–H and O–H groups in total. The Morgan fingerprint density at radius 3 is 2.16 bits per heavy atom. The molecule has 6 heteroatoms. The second-order valence-corrected chi connectivity index (χ2v) is 3.82. The van der Waals surface area contributed by atoms with Gasteiger partial charge in [-0.3, -0.25) is 4.79 Å². The van der Waals surface area contributed by atoms with E-state index in [9.17, 15) is 23.8 Å². The Bertz CT molecular complexity index is 624. The first kappa shape index (κ1) is 12.8. The van der Waals surface area contributed by atoms with Gasteiger partial charge in [-0.15, -0.1) is 0 Å². The van der Waals surface area contributed by atoms with Gasteiger partial charge in [-0.05, 0) is 24.3 Å². The van der Waals surface area contributed by atoms with Crippen molar-refractivity contribution >= 4 is 11.6 Å². The summed E-state index contributed by atoms with van der Waals surface area (Å²) in [6, 6.07) is 6.23. The van der Waals surface area contributed by atoms with Gasteiger partial charge in [-0.1, -0.05) is 0 Å². The number of nitrogens with one attached hydrogen (secondary N) is 1. The van der Waals surface area contributed by atoms with E-state index in [1.54, 1.807) is 0 Å². The second-order valence-electron chi connectivity index (χ2n) is 3.82. The van der Waals surface area contributed by atoms with Gasteiger partial charge in [0, 0.05) is 23.4 Å².